The van der Waals surface area contributed by atoms with Crippen molar-refractivity contribution in [2.24, 2.45) is 5.92 Å². The maximum Gasteiger partial charge on any atom is 0.242 e. The second kappa shape index (κ2) is 8.50. The molecule has 0 amide bonds. The average molecular weight is 391 g/mol. The third-order valence-electron chi connectivity index (χ3n) is 5.23. The minimum atomic E-state index is -3.40. The van der Waals surface area contributed by atoms with Crippen LogP contribution in [0.15, 0.2) is 53.4 Å². The zero-order valence-electron chi connectivity index (χ0n) is 15.9. The van der Waals surface area contributed by atoms with Crippen LogP contribution in [0.4, 0.5) is 4.39 Å². The van der Waals surface area contributed by atoms with Gasteiger partial charge in [0.05, 0.1) is 4.90 Å². The molecule has 0 aliphatic carbocycles. The van der Waals surface area contributed by atoms with Gasteiger partial charge < -0.3 is 0 Å². The highest BCUT2D eigenvalue weighted by Gasteiger charge is 2.21. The van der Waals surface area contributed by atoms with E-state index in [0.29, 0.717) is 10.8 Å². The van der Waals surface area contributed by atoms with Gasteiger partial charge in [-0.05, 0) is 73.7 Å². The van der Waals surface area contributed by atoms with E-state index in [4.69, 9.17) is 0 Å². The summed E-state index contributed by atoms with van der Waals surface area (Å²) in [6.45, 7) is 2.76. The van der Waals surface area contributed by atoms with Gasteiger partial charge in [0.2, 0.25) is 10.0 Å². The maximum atomic E-state index is 13.0. The fourth-order valence-electron chi connectivity index (χ4n) is 3.58. The lowest BCUT2D eigenvalue weighted by molar-refractivity contribution is 0.177. The van der Waals surface area contributed by atoms with E-state index in [0.717, 1.165) is 44.5 Å². The number of hydrogen-bond acceptors (Lipinski definition) is 3. The van der Waals surface area contributed by atoms with Crippen LogP contribution < -0.4 is 0 Å². The summed E-state index contributed by atoms with van der Waals surface area (Å²) in [5, 5.41) is 0. The number of sulfonamides is 1. The predicted octanol–water partition coefficient (Wildman–Crippen LogP) is 3.53. The van der Waals surface area contributed by atoms with Gasteiger partial charge in [-0.2, -0.15) is 0 Å². The first-order valence-electron chi connectivity index (χ1n) is 9.33. The van der Waals surface area contributed by atoms with Crippen molar-refractivity contribution in [3.05, 3.63) is 65.5 Å². The Morgan fingerprint density at radius 3 is 2.33 bits per heavy atom. The zero-order valence-corrected chi connectivity index (χ0v) is 16.8. The average Bonchev–Trinajstić information content (AvgIpc) is 2.65. The molecule has 0 atom stereocenters. The molecule has 0 aromatic heterocycles. The van der Waals surface area contributed by atoms with Crippen LogP contribution in [0, 0.1) is 11.7 Å². The molecular formula is C21H27FN2O2S. The Morgan fingerprint density at radius 1 is 1.04 bits per heavy atom. The summed E-state index contributed by atoms with van der Waals surface area (Å²) >= 11 is 0. The fraction of sp³-hybridized carbons (Fsp3) is 0.429. The molecule has 0 unspecified atom stereocenters. The van der Waals surface area contributed by atoms with Crippen LogP contribution >= 0.6 is 0 Å². The van der Waals surface area contributed by atoms with Crippen LogP contribution in [0.2, 0.25) is 0 Å². The molecule has 0 spiro atoms. The first kappa shape index (κ1) is 20.0. The summed E-state index contributed by atoms with van der Waals surface area (Å²) in [6.07, 6.45) is 3.20. The summed E-state index contributed by atoms with van der Waals surface area (Å²) in [7, 11) is -0.300. The fourth-order valence-corrected chi connectivity index (χ4v) is 4.55. The van der Waals surface area contributed by atoms with Crippen molar-refractivity contribution in [3.63, 3.8) is 0 Å². The Kier molecular flexibility index (Phi) is 6.29. The quantitative estimate of drug-likeness (QED) is 0.758. The Morgan fingerprint density at radius 2 is 1.70 bits per heavy atom. The molecule has 2 aromatic rings. The number of halogens is 1. The highest BCUT2D eigenvalue weighted by Crippen LogP contribution is 2.24. The van der Waals surface area contributed by atoms with Crippen LogP contribution in [0.25, 0.3) is 0 Å². The molecule has 1 aliphatic heterocycles. The lowest BCUT2D eigenvalue weighted by Crippen LogP contribution is -2.34. The highest BCUT2D eigenvalue weighted by molar-refractivity contribution is 7.89. The van der Waals surface area contributed by atoms with Crippen molar-refractivity contribution >= 4 is 10.0 Å². The van der Waals surface area contributed by atoms with Crippen LogP contribution in [0.3, 0.4) is 0 Å². The summed E-state index contributed by atoms with van der Waals surface area (Å²) in [5.41, 5.74) is 2.21. The number of nitrogens with zero attached hydrogens (tertiary/aromatic N) is 2. The largest absolute Gasteiger partial charge is 0.299 e. The SMILES string of the molecule is CN(C)S(=O)(=O)c1cccc(CN2CCC(Cc3ccc(F)cc3)CC2)c1. The van der Waals surface area contributed by atoms with Crippen molar-refractivity contribution in [1.82, 2.24) is 9.21 Å². The molecule has 146 valence electrons. The zero-order chi connectivity index (χ0) is 19.4. The molecule has 1 heterocycles. The molecule has 0 N–H and O–H groups in total. The van der Waals surface area contributed by atoms with Gasteiger partial charge in [-0.25, -0.2) is 17.1 Å². The van der Waals surface area contributed by atoms with E-state index in [1.165, 1.54) is 22.0 Å². The second-order valence-electron chi connectivity index (χ2n) is 7.48. The number of benzene rings is 2. The van der Waals surface area contributed by atoms with E-state index in [1.807, 2.05) is 24.3 Å². The van der Waals surface area contributed by atoms with Crippen LogP contribution in [0.5, 0.6) is 0 Å². The van der Waals surface area contributed by atoms with Crippen molar-refractivity contribution in [1.29, 1.82) is 0 Å². The smallest absolute Gasteiger partial charge is 0.242 e. The third-order valence-corrected chi connectivity index (χ3v) is 7.04. The van der Waals surface area contributed by atoms with E-state index < -0.39 is 10.0 Å². The molecule has 1 aliphatic rings. The second-order valence-corrected chi connectivity index (χ2v) is 9.64. The minimum Gasteiger partial charge on any atom is -0.299 e. The highest BCUT2D eigenvalue weighted by atomic mass is 32.2. The first-order valence-corrected chi connectivity index (χ1v) is 10.8. The van der Waals surface area contributed by atoms with Crippen molar-refractivity contribution < 1.29 is 12.8 Å². The Labute approximate surface area is 161 Å². The molecule has 1 saturated heterocycles. The minimum absolute atomic E-state index is 0.188. The van der Waals surface area contributed by atoms with Crippen LogP contribution in [-0.4, -0.2) is 44.8 Å². The molecule has 3 rings (SSSR count). The molecule has 0 radical (unpaired) electrons. The van der Waals surface area contributed by atoms with E-state index in [-0.39, 0.29) is 5.82 Å². The summed E-state index contributed by atoms with van der Waals surface area (Å²) in [5.74, 6) is 0.430. The predicted molar refractivity (Wildman–Crippen MR) is 105 cm³/mol. The lowest BCUT2D eigenvalue weighted by Gasteiger charge is -2.32. The number of piperidine rings is 1. The Hall–Kier alpha value is -1.76. The maximum absolute atomic E-state index is 13.0. The molecule has 1 fully saturated rings. The molecule has 2 aromatic carbocycles. The summed E-state index contributed by atoms with van der Waals surface area (Å²) in [4.78, 5) is 2.72. The molecule has 6 heteroatoms. The molecule has 0 bridgehead atoms. The van der Waals surface area contributed by atoms with Gasteiger partial charge in [0.1, 0.15) is 5.82 Å². The number of rotatable bonds is 6. The van der Waals surface area contributed by atoms with Gasteiger partial charge in [-0.3, -0.25) is 4.90 Å². The summed E-state index contributed by atoms with van der Waals surface area (Å²) < 4.78 is 38.9. The number of hydrogen-bond donors (Lipinski definition) is 0. The Balaban J connectivity index is 1.56. The van der Waals surface area contributed by atoms with E-state index >= 15 is 0 Å². The van der Waals surface area contributed by atoms with Crippen LogP contribution in [-0.2, 0) is 23.0 Å². The van der Waals surface area contributed by atoms with Crippen molar-refractivity contribution in [2.45, 2.75) is 30.7 Å². The first-order chi connectivity index (χ1) is 12.8. The standard InChI is InChI=1S/C21H27FN2O2S/c1-23(2)27(25,26)21-5-3-4-19(15-21)16-24-12-10-18(11-13-24)14-17-6-8-20(22)9-7-17/h3-9,15,18H,10-14,16H2,1-2H3. The van der Waals surface area contributed by atoms with Crippen molar-refractivity contribution in [2.75, 3.05) is 27.2 Å². The monoisotopic (exact) mass is 390 g/mol. The third kappa shape index (κ3) is 5.15. The van der Waals surface area contributed by atoms with Gasteiger partial charge in [0.25, 0.3) is 0 Å². The van der Waals surface area contributed by atoms with E-state index in [2.05, 4.69) is 4.90 Å². The lowest BCUT2D eigenvalue weighted by atomic mass is 9.90. The van der Waals surface area contributed by atoms with Gasteiger partial charge in [-0.15, -0.1) is 0 Å². The van der Waals surface area contributed by atoms with Crippen molar-refractivity contribution in [3.8, 4) is 0 Å². The number of likely N-dealkylation sites (tertiary alicyclic amines) is 1. The molecule has 27 heavy (non-hydrogen) atoms. The normalized spacial score (nSPS) is 16.7. The van der Waals surface area contributed by atoms with Gasteiger partial charge in [-0.1, -0.05) is 24.3 Å². The Bertz CT molecular complexity index is 858. The topological polar surface area (TPSA) is 40.6 Å². The van der Waals surface area contributed by atoms with E-state index in [9.17, 15) is 12.8 Å². The molecular weight excluding hydrogens is 363 g/mol. The molecule has 4 nitrogen and oxygen atoms in total. The summed E-state index contributed by atoms with van der Waals surface area (Å²) in [6, 6.07) is 14.0. The van der Waals surface area contributed by atoms with Gasteiger partial charge in [0.15, 0.2) is 0 Å². The van der Waals surface area contributed by atoms with Crippen LogP contribution in [0.1, 0.15) is 24.0 Å². The van der Waals surface area contributed by atoms with E-state index in [1.54, 1.807) is 26.2 Å². The molecule has 0 saturated carbocycles. The van der Waals surface area contributed by atoms with Gasteiger partial charge >= 0.3 is 0 Å². The van der Waals surface area contributed by atoms with Gasteiger partial charge in [0, 0.05) is 20.6 Å².